The molecule has 2 aliphatic heterocycles. The molecule has 2 atom stereocenters. The highest BCUT2D eigenvalue weighted by atomic mass is 32.2. The smallest absolute Gasteiger partial charge is 0.299 e. The number of nitrogens with zero attached hydrogens (tertiary/aromatic N) is 2. The van der Waals surface area contributed by atoms with E-state index < -0.39 is 46.3 Å². The van der Waals surface area contributed by atoms with E-state index in [1.807, 2.05) is 12.1 Å². The normalized spacial score (nSPS) is 18.1. The number of benzene rings is 3. The molecule has 3 aromatic carbocycles. The van der Waals surface area contributed by atoms with Gasteiger partial charge in [0.25, 0.3) is 11.7 Å². The third-order valence-electron chi connectivity index (χ3n) is 6.87. The summed E-state index contributed by atoms with van der Waals surface area (Å²) >= 11 is 0. The number of nitrogens with one attached hydrogen (secondary N) is 3. The molecule has 2 aliphatic rings. The second kappa shape index (κ2) is 11.0. The van der Waals surface area contributed by atoms with Gasteiger partial charge in [-0.1, -0.05) is 42.5 Å². The molecule has 40 heavy (non-hydrogen) atoms. The molecule has 2 amide bonds. The van der Waals surface area contributed by atoms with Gasteiger partial charge in [-0.2, -0.15) is 4.72 Å². The predicted molar refractivity (Wildman–Crippen MR) is 147 cm³/mol. The molecule has 0 spiro atoms. The quantitative estimate of drug-likeness (QED) is 0.173. The topological polar surface area (TPSA) is 175 Å². The third kappa shape index (κ3) is 5.52. The van der Waals surface area contributed by atoms with Gasteiger partial charge in [-0.25, -0.2) is 8.42 Å². The number of anilines is 1. The molecule has 5 rings (SSSR count). The van der Waals surface area contributed by atoms with Crippen molar-refractivity contribution in [3.63, 3.8) is 0 Å². The van der Waals surface area contributed by atoms with Crippen LogP contribution in [0.3, 0.4) is 0 Å². The van der Waals surface area contributed by atoms with Gasteiger partial charge in [-0.15, -0.1) is 0 Å². The SMILES string of the molecule is N=C(N)N1CCO[C@H](CNC(=O)C(CN2C(=O)C(=O)c3ccccc32)NS(=O)(=O)c2ccc3ccccc3c2)C1. The van der Waals surface area contributed by atoms with E-state index in [4.69, 9.17) is 15.9 Å². The van der Waals surface area contributed by atoms with E-state index in [1.54, 1.807) is 41.3 Å². The van der Waals surface area contributed by atoms with Gasteiger partial charge in [-0.05, 0) is 35.0 Å². The van der Waals surface area contributed by atoms with Crippen molar-refractivity contribution in [1.82, 2.24) is 14.9 Å². The number of para-hydroxylation sites is 1. The van der Waals surface area contributed by atoms with Crippen LogP contribution in [-0.2, 0) is 24.3 Å². The van der Waals surface area contributed by atoms with Gasteiger partial charge in [0.1, 0.15) is 6.04 Å². The molecule has 2 heterocycles. The number of hydrogen-bond donors (Lipinski definition) is 4. The highest BCUT2D eigenvalue weighted by Gasteiger charge is 2.39. The zero-order valence-corrected chi connectivity index (χ0v) is 22.2. The average molecular weight is 565 g/mol. The third-order valence-corrected chi connectivity index (χ3v) is 8.34. The largest absolute Gasteiger partial charge is 0.373 e. The first-order chi connectivity index (χ1) is 19.1. The van der Waals surface area contributed by atoms with Crippen LogP contribution in [0.5, 0.6) is 0 Å². The Morgan fingerprint density at radius 2 is 1.80 bits per heavy atom. The predicted octanol–water partition coefficient (Wildman–Crippen LogP) is 0.427. The number of carbonyl (C=O) groups is 3. The standard InChI is InChI=1S/C27H28N6O6S/c28-27(29)32-11-12-39-19(15-32)14-30-25(35)22(16-33-23-8-4-3-7-21(23)24(34)26(33)36)31-40(37,38)20-10-9-17-5-1-2-6-18(17)13-20/h1-10,13,19,22,31H,11-12,14-16H2,(H3,28,29)(H,30,35)/t19-,22?/m1/s1. The summed E-state index contributed by atoms with van der Waals surface area (Å²) < 4.78 is 35.0. The molecule has 0 saturated carbocycles. The van der Waals surface area contributed by atoms with Crippen molar-refractivity contribution in [2.75, 3.05) is 37.7 Å². The number of amides is 2. The van der Waals surface area contributed by atoms with Gasteiger partial charge in [-0.3, -0.25) is 19.8 Å². The number of ether oxygens (including phenoxy) is 1. The summed E-state index contributed by atoms with van der Waals surface area (Å²) in [5.74, 6) is -2.40. The molecular weight excluding hydrogens is 536 g/mol. The summed E-state index contributed by atoms with van der Waals surface area (Å²) in [6.07, 6.45) is -0.491. The number of rotatable bonds is 8. The minimum atomic E-state index is -4.23. The lowest BCUT2D eigenvalue weighted by atomic mass is 10.1. The van der Waals surface area contributed by atoms with Crippen molar-refractivity contribution in [1.29, 1.82) is 5.41 Å². The van der Waals surface area contributed by atoms with Crippen LogP contribution in [0, 0.1) is 5.41 Å². The summed E-state index contributed by atoms with van der Waals surface area (Å²) in [4.78, 5) is 41.4. The van der Waals surface area contributed by atoms with Crippen molar-refractivity contribution in [2.45, 2.75) is 17.0 Å². The minimum absolute atomic E-state index is 0.0142. The van der Waals surface area contributed by atoms with Crippen LogP contribution in [0.4, 0.5) is 5.69 Å². The van der Waals surface area contributed by atoms with Gasteiger partial charge in [0, 0.05) is 19.6 Å². The molecule has 13 heteroatoms. The Balaban J connectivity index is 1.39. The molecule has 0 aliphatic carbocycles. The first-order valence-corrected chi connectivity index (χ1v) is 14.1. The summed E-state index contributed by atoms with van der Waals surface area (Å²) in [6.45, 7) is 0.624. The van der Waals surface area contributed by atoms with E-state index in [0.29, 0.717) is 24.2 Å². The van der Waals surface area contributed by atoms with Crippen LogP contribution in [0.15, 0.2) is 71.6 Å². The summed E-state index contributed by atoms with van der Waals surface area (Å²) in [6, 6.07) is 16.8. The molecule has 1 saturated heterocycles. The second-order valence-electron chi connectivity index (χ2n) is 9.51. The number of carbonyl (C=O) groups excluding carboxylic acids is 3. The van der Waals surface area contributed by atoms with Crippen LogP contribution in [0.25, 0.3) is 10.8 Å². The van der Waals surface area contributed by atoms with Crippen molar-refractivity contribution in [3.05, 3.63) is 72.3 Å². The Hall–Kier alpha value is -4.33. The van der Waals surface area contributed by atoms with Crippen molar-refractivity contribution in [2.24, 2.45) is 5.73 Å². The maximum atomic E-state index is 13.4. The molecule has 0 bridgehead atoms. The Kier molecular flexibility index (Phi) is 7.52. The van der Waals surface area contributed by atoms with E-state index in [-0.39, 0.29) is 29.5 Å². The van der Waals surface area contributed by atoms with Gasteiger partial charge < -0.3 is 25.6 Å². The van der Waals surface area contributed by atoms with Crippen LogP contribution in [-0.4, -0.2) is 81.8 Å². The fourth-order valence-electron chi connectivity index (χ4n) is 4.77. The molecule has 12 nitrogen and oxygen atoms in total. The number of ketones is 1. The minimum Gasteiger partial charge on any atom is -0.373 e. The molecule has 0 radical (unpaired) electrons. The number of morpholine rings is 1. The fraction of sp³-hybridized carbons (Fsp3) is 0.259. The van der Waals surface area contributed by atoms with Crippen molar-refractivity contribution >= 4 is 50.0 Å². The van der Waals surface area contributed by atoms with Crippen molar-refractivity contribution in [3.8, 4) is 0 Å². The van der Waals surface area contributed by atoms with Crippen LogP contribution in [0.1, 0.15) is 10.4 Å². The van der Waals surface area contributed by atoms with Gasteiger partial charge in [0.05, 0.1) is 35.4 Å². The Morgan fingerprint density at radius 1 is 1.07 bits per heavy atom. The van der Waals surface area contributed by atoms with E-state index in [0.717, 1.165) is 10.3 Å². The number of Topliss-reactive ketones (excluding diaryl/α,β-unsaturated/α-hetero) is 1. The number of fused-ring (bicyclic) bond motifs is 2. The maximum absolute atomic E-state index is 13.4. The van der Waals surface area contributed by atoms with E-state index in [9.17, 15) is 22.8 Å². The van der Waals surface area contributed by atoms with Crippen LogP contribution < -0.4 is 20.7 Å². The lowest BCUT2D eigenvalue weighted by Gasteiger charge is -2.33. The highest BCUT2D eigenvalue weighted by Crippen LogP contribution is 2.29. The lowest BCUT2D eigenvalue weighted by Crippen LogP contribution is -2.56. The van der Waals surface area contributed by atoms with E-state index in [2.05, 4.69) is 10.0 Å². The first-order valence-electron chi connectivity index (χ1n) is 12.6. The average Bonchev–Trinajstić information content (AvgIpc) is 3.20. The Bertz CT molecular complexity index is 1610. The highest BCUT2D eigenvalue weighted by molar-refractivity contribution is 7.89. The second-order valence-corrected chi connectivity index (χ2v) is 11.2. The molecule has 1 fully saturated rings. The van der Waals surface area contributed by atoms with Crippen LogP contribution >= 0.6 is 0 Å². The Morgan fingerprint density at radius 3 is 2.58 bits per heavy atom. The Labute approximate surface area is 230 Å². The van der Waals surface area contributed by atoms with Gasteiger partial charge in [0.2, 0.25) is 15.9 Å². The zero-order chi connectivity index (χ0) is 28.4. The molecule has 3 aromatic rings. The van der Waals surface area contributed by atoms with Gasteiger partial charge >= 0.3 is 0 Å². The maximum Gasteiger partial charge on any atom is 0.299 e. The number of hydrogen-bond acceptors (Lipinski definition) is 7. The first kappa shape index (κ1) is 27.2. The van der Waals surface area contributed by atoms with Crippen molar-refractivity contribution < 1.29 is 27.5 Å². The van der Waals surface area contributed by atoms with E-state index in [1.165, 1.54) is 18.2 Å². The molecule has 5 N–H and O–H groups in total. The summed E-state index contributed by atoms with van der Waals surface area (Å²) in [7, 11) is -4.23. The molecule has 1 unspecified atom stereocenters. The zero-order valence-electron chi connectivity index (χ0n) is 21.4. The van der Waals surface area contributed by atoms with Crippen LogP contribution in [0.2, 0.25) is 0 Å². The number of guanidine groups is 1. The molecule has 208 valence electrons. The number of nitrogens with two attached hydrogens (primary N) is 1. The molecule has 0 aromatic heterocycles. The molecular formula is C27H28N6O6S. The van der Waals surface area contributed by atoms with E-state index >= 15 is 0 Å². The number of sulfonamides is 1. The summed E-state index contributed by atoms with van der Waals surface area (Å²) in [5, 5.41) is 11.9. The summed E-state index contributed by atoms with van der Waals surface area (Å²) in [5.41, 5.74) is 6.06. The lowest BCUT2D eigenvalue weighted by molar-refractivity contribution is -0.123. The fourth-order valence-corrected chi connectivity index (χ4v) is 6.00. The van der Waals surface area contributed by atoms with Gasteiger partial charge in [0.15, 0.2) is 5.96 Å². The monoisotopic (exact) mass is 564 g/mol.